The van der Waals surface area contributed by atoms with Crippen LogP contribution in [-0.4, -0.2) is 69.4 Å². The van der Waals surface area contributed by atoms with Gasteiger partial charge in [0.05, 0.1) is 26.0 Å². The summed E-state index contributed by atoms with van der Waals surface area (Å²) in [6.45, 7) is 0.889. The van der Waals surface area contributed by atoms with Crippen molar-refractivity contribution in [3.8, 4) is 0 Å². The molecular formula is C20H30N4O4. The number of hydrogen-bond acceptors (Lipinski definition) is 8. The third-order valence-corrected chi connectivity index (χ3v) is 3.84. The Bertz CT molecular complexity index is 665. The molecule has 8 nitrogen and oxygen atoms in total. The largest absolute Gasteiger partial charge is 0.464 e. The fraction of sp³-hybridized carbons (Fsp3) is 0.400. The van der Waals surface area contributed by atoms with Crippen LogP contribution in [0.2, 0.25) is 0 Å². The standard InChI is InChI=1S/C20H30N4O4/c1-21-12-6-4-5-7-19(20(27)28-3)22-23(2)17-8-10-18(11-9-17)24(13-15-25)14-16-26/h4-6,8-12,21,25-26H,7,13-16H2,1-3H3/b5-4-,12-6-,22-19-. The molecule has 0 amide bonds. The minimum atomic E-state index is -0.484. The first-order valence-electron chi connectivity index (χ1n) is 9.02. The Morgan fingerprint density at radius 3 is 2.29 bits per heavy atom. The van der Waals surface area contributed by atoms with E-state index in [1.54, 1.807) is 25.3 Å². The molecule has 0 heterocycles. The number of benzene rings is 1. The molecule has 0 aliphatic rings. The lowest BCUT2D eigenvalue weighted by molar-refractivity contribution is -0.132. The normalized spacial score (nSPS) is 11.8. The number of hydrazone groups is 1. The predicted molar refractivity (Wildman–Crippen MR) is 113 cm³/mol. The third-order valence-electron chi connectivity index (χ3n) is 3.84. The maximum atomic E-state index is 12.0. The van der Waals surface area contributed by atoms with Gasteiger partial charge >= 0.3 is 5.97 Å². The number of hydrogen-bond donors (Lipinski definition) is 3. The maximum Gasteiger partial charge on any atom is 0.354 e. The highest BCUT2D eigenvalue weighted by molar-refractivity contribution is 6.36. The highest BCUT2D eigenvalue weighted by atomic mass is 16.5. The molecule has 1 rings (SSSR count). The first kappa shape index (κ1) is 23.2. The zero-order valence-electron chi connectivity index (χ0n) is 16.7. The Labute approximate surface area is 166 Å². The van der Waals surface area contributed by atoms with Crippen molar-refractivity contribution in [2.24, 2.45) is 5.10 Å². The highest BCUT2D eigenvalue weighted by Crippen LogP contribution is 2.20. The van der Waals surface area contributed by atoms with E-state index in [4.69, 9.17) is 14.9 Å². The van der Waals surface area contributed by atoms with Gasteiger partial charge in [-0.15, -0.1) is 0 Å². The van der Waals surface area contributed by atoms with Crippen LogP contribution in [0.3, 0.4) is 0 Å². The molecule has 0 radical (unpaired) electrons. The van der Waals surface area contributed by atoms with Gasteiger partial charge in [0, 0.05) is 39.3 Å². The van der Waals surface area contributed by atoms with Crippen molar-refractivity contribution in [3.63, 3.8) is 0 Å². The van der Waals surface area contributed by atoms with Crippen LogP contribution in [0.15, 0.2) is 53.8 Å². The number of nitrogens with zero attached hydrogens (tertiary/aromatic N) is 3. The van der Waals surface area contributed by atoms with Crippen LogP contribution in [-0.2, 0) is 9.53 Å². The van der Waals surface area contributed by atoms with Crippen LogP contribution in [0.1, 0.15) is 6.42 Å². The minimum Gasteiger partial charge on any atom is -0.464 e. The predicted octanol–water partition coefficient (Wildman–Crippen LogP) is 1.12. The number of carbonyl (C=O) groups is 1. The molecule has 28 heavy (non-hydrogen) atoms. The molecule has 0 aromatic heterocycles. The number of ether oxygens (including phenoxy) is 1. The summed E-state index contributed by atoms with van der Waals surface area (Å²) in [5, 5.41) is 27.2. The van der Waals surface area contributed by atoms with Gasteiger partial charge in [-0.25, -0.2) is 4.79 Å². The van der Waals surface area contributed by atoms with Crippen LogP contribution in [0.5, 0.6) is 0 Å². The topological polar surface area (TPSA) is 97.6 Å². The molecule has 154 valence electrons. The number of allylic oxidation sites excluding steroid dienone is 3. The van der Waals surface area contributed by atoms with Gasteiger partial charge in [-0.05, 0) is 36.5 Å². The summed E-state index contributed by atoms with van der Waals surface area (Å²) in [7, 11) is 4.88. The van der Waals surface area contributed by atoms with Crippen molar-refractivity contribution in [1.29, 1.82) is 0 Å². The Morgan fingerprint density at radius 2 is 1.75 bits per heavy atom. The van der Waals surface area contributed by atoms with Gasteiger partial charge in [0.25, 0.3) is 0 Å². The van der Waals surface area contributed by atoms with Gasteiger partial charge < -0.3 is 25.2 Å². The van der Waals surface area contributed by atoms with Crippen LogP contribution in [0.4, 0.5) is 11.4 Å². The third kappa shape index (κ3) is 7.81. The number of rotatable bonds is 12. The summed E-state index contributed by atoms with van der Waals surface area (Å²) in [4.78, 5) is 13.9. The summed E-state index contributed by atoms with van der Waals surface area (Å²) in [5.41, 5.74) is 1.96. The summed E-state index contributed by atoms with van der Waals surface area (Å²) >= 11 is 0. The van der Waals surface area contributed by atoms with E-state index in [0.717, 1.165) is 11.4 Å². The number of anilines is 2. The Kier molecular flexibility index (Phi) is 11.1. The quantitative estimate of drug-likeness (QED) is 0.213. The Morgan fingerprint density at radius 1 is 1.14 bits per heavy atom. The van der Waals surface area contributed by atoms with Crippen molar-refractivity contribution >= 4 is 23.1 Å². The van der Waals surface area contributed by atoms with E-state index in [1.165, 1.54) is 7.11 Å². The van der Waals surface area contributed by atoms with Crippen molar-refractivity contribution in [2.75, 3.05) is 57.4 Å². The van der Waals surface area contributed by atoms with E-state index in [2.05, 4.69) is 10.4 Å². The fourth-order valence-electron chi connectivity index (χ4n) is 2.42. The SMILES string of the molecule is CN/C=C\C=C/C/C(=N/N(C)c1ccc(N(CCO)CCO)cc1)C(=O)OC. The first-order chi connectivity index (χ1) is 13.6. The second-order valence-electron chi connectivity index (χ2n) is 5.79. The lowest BCUT2D eigenvalue weighted by Crippen LogP contribution is -2.29. The van der Waals surface area contributed by atoms with E-state index in [1.807, 2.05) is 47.4 Å². The van der Waals surface area contributed by atoms with Gasteiger partial charge in [-0.3, -0.25) is 5.01 Å². The molecule has 0 fully saturated rings. The summed E-state index contributed by atoms with van der Waals surface area (Å²) in [5.74, 6) is -0.484. The van der Waals surface area contributed by atoms with Gasteiger partial charge in [-0.2, -0.15) is 5.10 Å². The van der Waals surface area contributed by atoms with E-state index in [9.17, 15) is 4.79 Å². The van der Waals surface area contributed by atoms with Crippen LogP contribution >= 0.6 is 0 Å². The fourth-order valence-corrected chi connectivity index (χ4v) is 2.42. The molecule has 0 saturated carbocycles. The minimum absolute atomic E-state index is 0.00542. The smallest absolute Gasteiger partial charge is 0.354 e. The van der Waals surface area contributed by atoms with Gasteiger partial charge in [-0.1, -0.05) is 12.2 Å². The number of aliphatic hydroxyl groups is 2. The Balaban J connectivity index is 2.92. The monoisotopic (exact) mass is 390 g/mol. The number of carbonyl (C=O) groups excluding carboxylic acids is 1. The number of aliphatic hydroxyl groups excluding tert-OH is 2. The zero-order chi connectivity index (χ0) is 20.8. The number of nitrogens with one attached hydrogen (secondary N) is 1. The molecule has 0 aliphatic carbocycles. The van der Waals surface area contributed by atoms with E-state index in [-0.39, 0.29) is 18.9 Å². The molecule has 8 heteroatoms. The van der Waals surface area contributed by atoms with Crippen LogP contribution in [0, 0.1) is 0 Å². The van der Waals surface area contributed by atoms with Crippen molar-refractivity contribution in [2.45, 2.75) is 6.42 Å². The molecule has 0 saturated heterocycles. The lowest BCUT2D eigenvalue weighted by atomic mass is 10.2. The average molecular weight is 390 g/mol. The highest BCUT2D eigenvalue weighted by Gasteiger charge is 2.12. The summed E-state index contributed by atoms with van der Waals surface area (Å²) in [6.07, 6.45) is 7.57. The molecule has 0 spiro atoms. The Hall–Kier alpha value is -2.84. The van der Waals surface area contributed by atoms with Crippen molar-refractivity contribution in [3.05, 3.63) is 48.7 Å². The molecule has 0 bridgehead atoms. The molecule has 1 aromatic carbocycles. The molecule has 3 N–H and O–H groups in total. The van der Waals surface area contributed by atoms with Crippen molar-refractivity contribution < 1.29 is 19.7 Å². The van der Waals surface area contributed by atoms with Gasteiger partial charge in [0.1, 0.15) is 5.71 Å². The van der Waals surface area contributed by atoms with Gasteiger partial charge in [0.15, 0.2) is 0 Å². The van der Waals surface area contributed by atoms with Crippen molar-refractivity contribution in [1.82, 2.24) is 5.32 Å². The van der Waals surface area contributed by atoms with Crippen LogP contribution < -0.4 is 15.2 Å². The average Bonchev–Trinajstić information content (AvgIpc) is 2.72. The molecule has 0 atom stereocenters. The molecule has 0 aliphatic heterocycles. The van der Waals surface area contributed by atoms with E-state index < -0.39 is 5.97 Å². The number of esters is 1. The second kappa shape index (κ2) is 13.3. The second-order valence-corrected chi connectivity index (χ2v) is 5.79. The summed E-state index contributed by atoms with van der Waals surface area (Å²) in [6, 6.07) is 7.49. The molecule has 1 aromatic rings. The molecule has 0 unspecified atom stereocenters. The summed E-state index contributed by atoms with van der Waals surface area (Å²) < 4.78 is 4.82. The van der Waals surface area contributed by atoms with Crippen LogP contribution in [0.25, 0.3) is 0 Å². The first-order valence-corrected chi connectivity index (χ1v) is 9.02. The molecular weight excluding hydrogens is 360 g/mol. The number of methoxy groups -OCH3 is 1. The zero-order valence-corrected chi connectivity index (χ0v) is 16.7. The van der Waals surface area contributed by atoms with E-state index >= 15 is 0 Å². The lowest BCUT2D eigenvalue weighted by Gasteiger charge is -2.23. The van der Waals surface area contributed by atoms with Gasteiger partial charge in [0.2, 0.25) is 0 Å². The van der Waals surface area contributed by atoms with E-state index in [0.29, 0.717) is 19.5 Å². The maximum absolute atomic E-state index is 12.0.